The summed E-state index contributed by atoms with van der Waals surface area (Å²) >= 11 is 0. The predicted octanol–water partition coefficient (Wildman–Crippen LogP) is 5.58. The number of amides is 1. The number of rotatable bonds is 4. The topological polar surface area (TPSA) is 69.7 Å². The lowest BCUT2D eigenvalue weighted by molar-refractivity contribution is -0.0405. The lowest BCUT2D eigenvalue weighted by Gasteiger charge is -2.43. The van der Waals surface area contributed by atoms with Crippen LogP contribution in [0.4, 0.5) is 5.69 Å². The summed E-state index contributed by atoms with van der Waals surface area (Å²) < 4.78 is 11.6. The van der Waals surface area contributed by atoms with Crippen LogP contribution in [0.2, 0.25) is 0 Å². The Hall–Kier alpha value is -3.56. The van der Waals surface area contributed by atoms with Crippen molar-refractivity contribution < 1.29 is 13.9 Å². The highest BCUT2D eigenvalue weighted by molar-refractivity contribution is 5.92. The normalized spacial score (nSPS) is 21.1. The van der Waals surface area contributed by atoms with Crippen molar-refractivity contribution in [2.75, 3.05) is 24.5 Å². The Kier molecular flexibility index (Phi) is 5.61. The number of hydrogen-bond acceptors (Lipinski definition) is 5. The summed E-state index contributed by atoms with van der Waals surface area (Å²) in [4.78, 5) is 17.6. The summed E-state index contributed by atoms with van der Waals surface area (Å²) in [5.41, 5.74) is 6.28. The number of nitrogens with zero attached hydrogens (tertiary/aromatic N) is 3. The molecule has 184 valence electrons. The lowest BCUT2D eigenvalue weighted by atomic mass is 9.84. The van der Waals surface area contributed by atoms with Gasteiger partial charge in [-0.3, -0.25) is 4.79 Å². The van der Waals surface area contributed by atoms with Crippen molar-refractivity contribution >= 4 is 11.6 Å². The van der Waals surface area contributed by atoms with Crippen LogP contribution in [0, 0.1) is 11.3 Å². The van der Waals surface area contributed by atoms with Crippen LogP contribution in [0.25, 0.3) is 0 Å². The molecule has 1 saturated carbocycles. The van der Waals surface area contributed by atoms with Gasteiger partial charge in [0.15, 0.2) is 5.76 Å². The van der Waals surface area contributed by atoms with Gasteiger partial charge >= 0.3 is 0 Å². The molecule has 2 fully saturated rings. The number of fused-ring (bicyclic) bond motifs is 1. The van der Waals surface area contributed by atoms with Crippen LogP contribution in [0.5, 0.6) is 0 Å². The summed E-state index contributed by atoms with van der Waals surface area (Å²) in [6.07, 6.45) is 4.66. The molecule has 1 atom stereocenters. The van der Waals surface area contributed by atoms with Crippen molar-refractivity contribution in [2.24, 2.45) is 0 Å². The molecule has 3 aliphatic rings. The van der Waals surface area contributed by atoms with E-state index in [4.69, 9.17) is 9.15 Å². The number of ether oxygens (including phenoxy) is 1. The zero-order chi connectivity index (χ0) is 24.9. The van der Waals surface area contributed by atoms with Gasteiger partial charge < -0.3 is 19.0 Å². The van der Waals surface area contributed by atoms with E-state index in [0.29, 0.717) is 37.9 Å². The standard InChI is InChI=1S/C30H31N3O3/c1-30(2)16-23-24(17-31)26(15-22(20-10-11-20)25(23)19-36-30)32-12-13-33(29(34)28-9-6-14-35-28)27(18-32)21-7-4-3-5-8-21/h3-9,14-15,20,27H,10-13,16,18-19H2,1-2H3. The first-order valence-corrected chi connectivity index (χ1v) is 12.8. The van der Waals surface area contributed by atoms with Crippen LogP contribution in [-0.4, -0.2) is 36.0 Å². The second-order valence-electron chi connectivity index (χ2n) is 10.8. The van der Waals surface area contributed by atoms with Crippen LogP contribution in [0.1, 0.15) is 77.0 Å². The molecule has 1 aliphatic carbocycles. The Balaban J connectivity index is 1.41. The summed E-state index contributed by atoms with van der Waals surface area (Å²) in [7, 11) is 0. The molecule has 0 spiro atoms. The maximum atomic E-state index is 13.4. The molecule has 3 aromatic rings. The second-order valence-corrected chi connectivity index (χ2v) is 10.8. The van der Waals surface area contributed by atoms with Gasteiger partial charge in [0.1, 0.15) is 6.07 Å². The van der Waals surface area contributed by atoms with Crippen LogP contribution in [-0.2, 0) is 17.8 Å². The third-order valence-electron chi connectivity index (χ3n) is 7.80. The molecule has 1 aromatic heterocycles. The van der Waals surface area contributed by atoms with E-state index in [1.807, 2.05) is 23.1 Å². The van der Waals surface area contributed by atoms with Gasteiger partial charge in [-0.15, -0.1) is 0 Å². The quantitative estimate of drug-likeness (QED) is 0.486. The van der Waals surface area contributed by atoms with E-state index in [1.54, 1.807) is 12.1 Å². The smallest absolute Gasteiger partial charge is 0.290 e. The lowest BCUT2D eigenvalue weighted by Crippen LogP contribution is -2.51. The summed E-state index contributed by atoms with van der Waals surface area (Å²) in [6, 6.07) is 18.3. The van der Waals surface area contributed by atoms with Gasteiger partial charge in [0, 0.05) is 26.1 Å². The minimum atomic E-state index is -0.293. The number of piperazine rings is 1. The zero-order valence-corrected chi connectivity index (χ0v) is 20.9. The second kappa shape index (κ2) is 8.83. The minimum absolute atomic E-state index is 0.1000. The van der Waals surface area contributed by atoms with E-state index in [0.717, 1.165) is 28.8 Å². The highest BCUT2D eigenvalue weighted by atomic mass is 16.5. The van der Waals surface area contributed by atoms with E-state index in [1.165, 1.54) is 30.2 Å². The third-order valence-corrected chi connectivity index (χ3v) is 7.80. The first kappa shape index (κ1) is 22.9. The predicted molar refractivity (Wildman–Crippen MR) is 137 cm³/mol. The molecule has 0 bridgehead atoms. The minimum Gasteiger partial charge on any atom is -0.459 e. The van der Waals surface area contributed by atoms with E-state index in [2.05, 4.69) is 43.0 Å². The van der Waals surface area contributed by atoms with Gasteiger partial charge in [0.2, 0.25) is 0 Å². The first-order valence-electron chi connectivity index (χ1n) is 12.8. The number of carbonyl (C=O) groups excluding carboxylic acids is 1. The van der Waals surface area contributed by atoms with Gasteiger partial charge in [0.05, 0.1) is 35.8 Å². The molecule has 6 nitrogen and oxygen atoms in total. The Morgan fingerprint density at radius 3 is 2.58 bits per heavy atom. The fourth-order valence-corrected chi connectivity index (χ4v) is 5.78. The number of nitriles is 1. The Morgan fingerprint density at radius 2 is 1.89 bits per heavy atom. The highest BCUT2D eigenvalue weighted by Crippen LogP contribution is 2.48. The van der Waals surface area contributed by atoms with Gasteiger partial charge in [-0.1, -0.05) is 30.3 Å². The van der Waals surface area contributed by atoms with Crippen LogP contribution < -0.4 is 4.90 Å². The molecule has 1 saturated heterocycles. The van der Waals surface area contributed by atoms with E-state index in [-0.39, 0.29) is 17.6 Å². The SMILES string of the molecule is CC1(C)Cc2c(C#N)c(N3CCN(C(=O)c4ccco4)C(c4ccccc4)C3)cc(C3CC3)c2CO1. The number of anilines is 1. The largest absolute Gasteiger partial charge is 0.459 e. The summed E-state index contributed by atoms with van der Waals surface area (Å²) in [5, 5.41) is 10.4. The molecule has 1 unspecified atom stereocenters. The van der Waals surface area contributed by atoms with Crippen molar-refractivity contribution in [2.45, 2.75) is 57.3 Å². The van der Waals surface area contributed by atoms with E-state index < -0.39 is 0 Å². The maximum Gasteiger partial charge on any atom is 0.290 e. The molecule has 0 N–H and O–H groups in total. The highest BCUT2D eigenvalue weighted by Gasteiger charge is 2.38. The van der Waals surface area contributed by atoms with Crippen molar-refractivity contribution in [1.82, 2.24) is 4.90 Å². The van der Waals surface area contributed by atoms with Crippen molar-refractivity contribution in [3.8, 4) is 6.07 Å². The molecule has 6 rings (SSSR count). The van der Waals surface area contributed by atoms with E-state index in [9.17, 15) is 10.1 Å². The van der Waals surface area contributed by atoms with Crippen LogP contribution in [0.3, 0.4) is 0 Å². The number of hydrogen-bond donors (Lipinski definition) is 0. The Labute approximate surface area is 212 Å². The molecule has 0 radical (unpaired) electrons. The average Bonchev–Trinajstić information content (AvgIpc) is 3.59. The Morgan fingerprint density at radius 1 is 1.08 bits per heavy atom. The van der Waals surface area contributed by atoms with Gasteiger partial charge in [-0.05, 0) is 73.1 Å². The molecular weight excluding hydrogens is 450 g/mol. The fourth-order valence-electron chi connectivity index (χ4n) is 5.78. The molecule has 2 aromatic carbocycles. The molecule has 2 aliphatic heterocycles. The Bertz CT molecular complexity index is 1320. The molecule has 36 heavy (non-hydrogen) atoms. The monoisotopic (exact) mass is 481 g/mol. The average molecular weight is 482 g/mol. The van der Waals surface area contributed by atoms with Crippen molar-refractivity contribution in [3.05, 3.63) is 88.4 Å². The van der Waals surface area contributed by atoms with Crippen molar-refractivity contribution in [3.63, 3.8) is 0 Å². The molecular formula is C30H31N3O3. The molecule has 6 heteroatoms. The van der Waals surface area contributed by atoms with Crippen LogP contribution in [0.15, 0.2) is 59.2 Å². The third kappa shape index (κ3) is 4.08. The zero-order valence-electron chi connectivity index (χ0n) is 20.9. The van der Waals surface area contributed by atoms with Gasteiger partial charge in [-0.2, -0.15) is 5.26 Å². The molecule has 3 heterocycles. The maximum absolute atomic E-state index is 13.4. The number of furan rings is 1. The first-order chi connectivity index (χ1) is 17.4. The summed E-state index contributed by atoms with van der Waals surface area (Å²) in [5.74, 6) is 0.813. The number of carbonyl (C=O) groups is 1. The van der Waals surface area contributed by atoms with Gasteiger partial charge in [-0.25, -0.2) is 0 Å². The van der Waals surface area contributed by atoms with Gasteiger partial charge in [0.25, 0.3) is 5.91 Å². The summed E-state index contributed by atoms with van der Waals surface area (Å²) in [6.45, 7) is 6.60. The van der Waals surface area contributed by atoms with E-state index >= 15 is 0 Å². The fraction of sp³-hybridized carbons (Fsp3) is 0.400. The number of benzene rings is 2. The van der Waals surface area contributed by atoms with Crippen molar-refractivity contribution in [1.29, 1.82) is 5.26 Å². The molecule has 1 amide bonds. The van der Waals surface area contributed by atoms with Crippen LogP contribution >= 0.6 is 0 Å².